The van der Waals surface area contributed by atoms with E-state index in [9.17, 15) is 10.1 Å². The molecule has 0 amide bonds. The number of rotatable bonds is 6. The molecule has 0 atom stereocenters. The van der Waals surface area contributed by atoms with Gasteiger partial charge in [0, 0.05) is 13.1 Å². The molecule has 0 radical (unpaired) electrons. The van der Waals surface area contributed by atoms with Gasteiger partial charge in [-0.25, -0.2) is 5.01 Å². The minimum Gasteiger partial charge on any atom is -0.724 e. The molecule has 0 rings (SSSR count). The van der Waals surface area contributed by atoms with Crippen LogP contribution in [0.25, 0.3) is 0 Å². The third kappa shape index (κ3) is 3.49. The summed E-state index contributed by atoms with van der Waals surface area (Å²) >= 11 is 0. The molecular weight excluding hydrogens is 146 g/mol. The maximum atomic E-state index is 10.6. The van der Waals surface area contributed by atoms with Crippen molar-refractivity contribution in [1.29, 1.82) is 0 Å². The average molecular weight is 156 g/mol. The van der Waals surface area contributed by atoms with Crippen molar-refractivity contribution in [3.05, 3.63) is 35.4 Å². The van der Waals surface area contributed by atoms with Crippen LogP contribution >= 0.6 is 0 Å². The summed E-state index contributed by atoms with van der Waals surface area (Å²) in [6.07, 6.45) is 3.00. The quantitative estimate of drug-likeness (QED) is 0.327. The molecular formula is C6H10N3O2-. The summed E-state index contributed by atoms with van der Waals surface area (Å²) in [6.45, 7) is 7.39. The Balaban J connectivity index is 3.94. The second-order valence-electron chi connectivity index (χ2n) is 1.78. The molecule has 0 saturated heterocycles. The van der Waals surface area contributed by atoms with Crippen molar-refractivity contribution < 1.29 is 0 Å². The summed E-state index contributed by atoms with van der Waals surface area (Å²) in [5.74, 6) is 0. The van der Waals surface area contributed by atoms with Crippen LogP contribution in [-0.2, 0) is 0 Å². The van der Waals surface area contributed by atoms with Gasteiger partial charge in [0.1, 0.15) is 0 Å². The second-order valence-corrected chi connectivity index (χ2v) is 1.78. The SMILES string of the molecule is C=CCN(CC=C)N([O-])N=O. The Morgan fingerprint density at radius 1 is 1.36 bits per heavy atom. The number of hydrogen-bond acceptors (Lipinski definition) is 4. The molecule has 5 nitrogen and oxygen atoms in total. The smallest absolute Gasteiger partial charge is 0.0579 e. The van der Waals surface area contributed by atoms with Crippen molar-refractivity contribution in [3.8, 4) is 0 Å². The van der Waals surface area contributed by atoms with E-state index in [0.717, 1.165) is 5.01 Å². The van der Waals surface area contributed by atoms with Gasteiger partial charge in [-0.2, -0.15) is 0 Å². The van der Waals surface area contributed by atoms with E-state index in [1.807, 2.05) is 0 Å². The lowest BCUT2D eigenvalue weighted by molar-refractivity contribution is 0.0485. The van der Waals surface area contributed by atoms with Gasteiger partial charge in [-0.15, -0.1) is 18.1 Å². The highest BCUT2D eigenvalue weighted by Gasteiger charge is 2.00. The number of nitroso groups, excluding NO2 is 1. The first-order valence-corrected chi connectivity index (χ1v) is 3.03. The molecule has 5 heteroatoms. The topological polar surface area (TPSA) is 59.0 Å². The molecule has 0 aliphatic rings. The third-order valence-corrected chi connectivity index (χ3v) is 0.992. The first kappa shape index (κ1) is 9.80. The van der Waals surface area contributed by atoms with Crippen LogP contribution < -0.4 is 0 Å². The predicted molar refractivity (Wildman–Crippen MR) is 43.0 cm³/mol. The van der Waals surface area contributed by atoms with E-state index < -0.39 is 0 Å². The summed E-state index contributed by atoms with van der Waals surface area (Å²) in [5, 5.41) is 13.9. The lowest BCUT2D eigenvalue weighted by atomic mass is 10.5. The fourth-order valence-corrected chi connectivity index (χ4v) is 0.564. The lowest BCUT2D eigenvalue weighted by Crippen LogP contribution is -2.34. The average Bonchev–Trinajstić information content (AvgIpc) is 2.03. The summed E-state index contributed by atoms with van der Waals surface area (Å²) < 4.78 is 0. The molecule has 62 valence electrons. The van der Waals surface area contributed by atoms with E-state index >= 15 is 0 Å². The molecule has 0 aromatic carbocycles. The van der Waals surface area contributed by atoms with Crippen LogP contribution in [0.1, 0.15) is 0 Å². The Labute approximate surface area is 65.1 Å². The van der Waals surface area contributed by atoms with Crippen molar-refractivity contribution in [3.63, 3.8) is 0 Å². The molecule has 0 N–H and O–H groups in total. The number of nitrogens with zero attached hydrogens (tertiary/aromatic N) is 3. The molecule has 0 unspecified atom stereocenters. The van der Waals surface area contributed by atoms with Gasteiger partial charge in [0.2, 0.25) is 0 Å². The highest BCUT2D eigenvalue weighted by molar-refractivity contribution is 4.78. The predicted octanol–water partition coefficient (Wildman–Crippen LogP) is 1.06. The molecule has 0 aromatic heterocycles. The Bertz CT molecular complexity index is 139. The Morgan fingerprint density at radius 3 is 2.09 bits per heavy atom. The maximum Gasteiger partial charge on any atom is 0.0579 e. The fourth-order valence-electron chi connectivity index (χ4n) is 0.564. The zero-order valence-electron chi connectivity index (χ0n) is 6.14. The summed E-state index contributed by atoms with van der Waals surface area (Å²) in [7, 11) is 0. The van der Waals surface area contributed by atoms with Gasteiger partial charge in [0.15, 0.2) is 0 Å². The third-order valence-electron chi connectivity index (χ3n) is 0.992. The summed E-state index contributed by atoms with van der Waals surface area (Å²) in [4.78, 5) is 9.75. The van der Waals surface area contributed by atoms with Gasteiger partial charge in [0.25, 0.3) is 0 Å². The number of hydrogen-bond donors (Lipinski definition) is 0. The minimum absolute atomic E-state index is 0.0244. The summed E-state index contributed by atoms with van der Waals surface area (Å²) in [5.41, 5.74) is 0. The van der Waals surface area contributed by atoms with Crippen molar-refractivity contribution in [2.45, 2.75) is 0 Å². The Kier molecular flexibility index (Phi) is 4.97. The summed E-state index contributed by atoms with van der Waals surface area (Å²) in [6, 6.07) is 0. The fraction of sp³-hybridized carbons (Fsp3) is 0.333. The van der Waals surface area contributed by atoms with Crippen molar-refractivity contribution in [2.75, 3.05) is 13.1 Å². The molecule has 11 heavy (non-hydrogen) atoms. The van der Waals surface area contributed by atoms with Crippen molar-refractivity contribution >= 4 is 0 Å². The number of hydrazine groups is 1. The monoisotopic (exact) mass is 156 g/mol. The van der Waals surface area contributed by atoms with Gasteiger partial charge in [-0.3, -0.25) is 5.28 Å². The van der Waals surface area contributed by atoms with Crippen molar-refractivity contribution in [1.82, 2.24) is 10.3 Å². The van der Waals surface area contributed by atoms with Gasteiger partial charge in [-0.05, 0) is 0 Å². The Hall–Kier alpha value is -1.20. The van der Waals surface area contributed by atoms with Crippen molar-refractivity contribution in [2.24, 2.45) is 5.29 Å². The molecule has 0 aromatic rings. The van der Waals surface area contributed by atoms with Crippen LogP contribution in [0.5, 0.6) is 0 Å². The highest BCUT2D eigenvalue weighted by atomic mass is 16.6. The van der Waals surface area contributed by atoms with E-state index in [0.29, 0.717) is 0 Å². The minimum atomic E-state index is -0.0244. The van der Waals surface area contributed by atoms with E-state index in [-0.39, 0.29) is 18.4 Å². The van der Waals surface area contributed by atoms with Crippen LogP contribution in [0.2, 0.25) is 0 Å². The van der Waals surface area contributed by atoms with Crippen LogP contribution in [-0.4, -0.2) is 23.4 Å². The van der Waals surface area contributed by atoms with Crippen LogP contribution in [0.4, 0.5) is 0 Å². The standard InChI is InChI=1S/C6H10N3O2/c1-3-5-8(6-4-2)9(11)7-10/h3-4H,1-2,5-6H2/q-1. The Morgan fingerprint density at radius 2 is 1.82 bits per heavy atom. The molecule has 0 aliphatic carbocycles. The lowest BCUT2D eigenvalue weighted by Gasteiger charge is -2.31. The first-order chi connectivity index (χ1) is 5.26. The van der Waals surface area contributed by atoms with Gasteiger partial charge < -0.3 is 5.21 Å². The van der Waals surface area contributed by atoms with Gasteiger partial charge >= 0.3 is 0 Å². The normalized spacial score (nSPS) is 9.27. The molecule has 0 bridgehead atoms. The maximum absolute atomic E-state index is 10.6. The molecule has 0 aliphatic heterocycles. The molecule has 0 fully saturated rings. The van der Waals surface area contributed by atoms with Crippen LogP contribution in [0.3, 0.4) is 0 Å². The van der Waals surface area contributed by atoms with E-state index in [1.165, 1.54) is 12.2 Å². The molecule has 0 saturated carbocycles. The van der Waals surface area contributed by atoms with Crippen LogP contribution in [0, 0.1) is 10.1 Å². The van der Waals surface area contributed by atoms with E-state index in [4.69, 9.17) is 0 Å². The zero-order valence-corrected chi connectivity index (χ0v) is 6.14. The highest BCUT2D eigenvalue weighted by Crippen LogP contribution is 1.95. The van der Waals surface area contributed by atoms with Crippen LogP contribution in [0.15, 0.2) is 30.6 Å². The zero-order chi connectivity index (χ0) is 8.69. The largest absolute Gasteiger partial charge is 0.724 e. The van der Waals surface area contributed by atoms with E-state index in [1.54, 1.807) is 0 Å². The van der Waals surface area contributed by atoms with E-state index in [2.05, 4.69) is 18.4 Å². The first-order valence-electron chi connectivity index (χ1n) is 3.03. The van der Waals surface area contributed by atoms with Gasteiger partial charge in [-0.1, -0.05) is 12.2 Å². The van der Waals surface area contributed by atoms with Gasteiger partial charge in [0.05, 0.1) is 5.29 Å². The molecule has 0 spiro atoms. The molecule has 0 heterocycles. The second kappa shape index (κ2) is 5.57.